The van der Waals surface area contributed by atoms with Crippen LogP contribution in [0.5, 0.6) is 0 Å². The molecule has 0 spiro atoms. The molecule has 1 rings (SSSR count). The van der Waals surface area contributed by atoms with Crippen molar-refractivity contribution >= 4 is 17.9 Å². The summed E-state index contributed by atoms with van der Waals surface area (Å²) in [5.74, 6) is 0.355. The minimum Gasteiger partial charge on any atom is -0.298 e. The van der Waals surface area contributed by atoms with Crippen LogP contribution in [0.3, 0.4) is 0 Å². The predicted molar refractivity (Wildman–Crippen MR) is 43.9 cm³/mol. The number of carbonyl (C=O) groups excluding carboxylic acids is 1. The quantitative estimate of drug-likeness (QED) is 0.500. The van der Waals surface area contributed by atoms with Crippen LogP contribution in [0.15, 0.2) is 12.3 Å². The first-order valence-corrected chi connectivity index (χ1v) is 3.78. The molecule has 1 aromatic rings. The Hall–Kier alpha value is -0.890. The van der Waals surface area contributed by atoms with Gasteiger partial charge in [0.05, 0.1) is 11.6 Å². The van der Waals surface area contributed by atoms with Crippen molar-refractivity contribution in [2.24, 2.45) is 0 Å². The Morgan fingerprint density at radius 1 is 1.73 bits per heavy atom. The third-order valence-electron chi connectivity index (χ3n) is 1.60. The van der Waals surface area contributed by atoms with Crippen molar-refractivity contribution in [1.82, 2.24) is 4.98 Å². The number of aromatic nitrogens is 1. The summed E-state index contributed by atoms with van der Waals surface area (Å²) in [6.07, 6.45) is 2.40. The number of pyridine rings is 1. The summed E-state index contributed by atoms with van der Waals surface area (Å²) in [6, 6.07) is 1.68. The van der Waals surface area contributed by atoms with Gasteiger partial charge in [-0.25, -0.2) is 0 Å². The number of hydrogen-bond donors (Lipinski definition) is 0. The van der Waals surface area contributed by atoms with Gasteiger partial charge in [-0.15, -0.1) is 11.6 Å². The molecule has 1 aromatic heterocycles. The van der Waals surface area contributed by atoms with Gasteiger partial charge < -0.3 is 0 Å². The van der Waals surface area contributed by atoms with Gasteiger partial charge in [0.25, 0.3) is 0 Å². The SMILES string of the molecule is Cc1c(C=O)ccnc1CCl. The maximum Gasteiger partial charge on any atom is 0.150 e. The highest BCUT2D eigenvalue weighted by molar-refractivity contribution is 6.17. The van der Waals surface area contributed by atoms with E-state index in [2.05, 4.69) is 4.98 Å². The van der Waals surface area contributed by atoms with Crippen LogP contribution in [0.4, 0.5) is 0 Å². The molecule has 0 saturated heterocycles. The normalized spacial score (nSPS) is 9.64. The van der Waals surface area contributed by atoms with Gasteiger partial charge >= 0.3 is 0 Å². The summed E-state index contributed by atoms with van der Waals surface area (Å²) >= 11 is 5.58. The Morgan fingerprint density at radius 2 is 2.45 bits per heavy atom. The van der Waals surface area contributed by atoms with Gasteiger partial charge in [0.15, 0.2) is 0 Å². The van der Waals surface area contributed by atoms with Crippen LogP contribution in [0.1, 0.15) is 21.6 Å². The molecule has 0 bridgehead atoms. The van der Waals surface area contributed by atoms with E-state index in [1.54, 1.807) is 12.3 Å². The van der Waals surface area contributed by atoms with Gasteiger partial charge in [-0.3, -0.25) is 9.78 Å². The fourth-order valence-corrected chi connectivity index (χ4v) is 1.13. The predicted octanol–water partition coefficient (Wildman–Crippen LogP) is 1.94. The summed E-state index contributed by atoms with van der Waals surface area (Å²) in [6.45, 7) is 1.84. The van der Waals surface area contributed by atoms with Gasteiger partial charge in [-0.2, -0.15) is 0 Å². The summed E-state index contributed by atoms with van der Waals surface area (Å²) in [4.78, 5) is 14.4. The fraction of sp³-hybridized carbons (Fsp3) is 0.250. The van der Waals surface area contributed by atoms with Crippen molar-refractivity contribution in [3.63, 3.8) is 0 Å². The Kier molecular flexibility index (Phi) is 2.60. The molecule has 1 heterocycles. The fourth-order valence-electron chi connectivity index (χ4n) is 0.858. The highest BCUT2D eigenvalue weighted by Crippen LogP contribution is 2.10. The minimum absolute atomic E-state index is 0.355. The van der Waals surface area contributed by atoms with E-state index < -0.39 is 0 Å². The molecule has 0 aromatic carbocycles. The van der Waals surface area contributed by atoms with Crippen LogP contribution >= 0.6 is 11.6 Å². The first-order chi connectivity index (χ1) is 5.29. The molecule has 0 amide bonds. The summed E-state index contributed by atoms with van der Waals surface area (Å²) in [7, 11) is 0. The van der Waals surface area contributed by atoms with Crippen molar-refractivity contribution in [2.45, 2.75) is 12.8 Å². The number of hydrogen-bond acceptors (Lipinski definition) is 2. The lowest BCUT2D eigenvalue weighted by molar-refractivity contribution is 0.112. The largest absolute Gasteiger partial charge is 0.298 e. The van der Waals surface area contributed by atoms with E-state index in [1.807, 2.05) is 6.92 Å². The zero-order chi connectivity index (χ0) is 8.27. The van der Waals surface area contributed by atoms with Crippen LogP contribution in [-0.2, 0) is 5.88 Å². The molecular weight excluding hydrogens is 162 g/mol. The topological polar surface area (TPSA) is 30.0 Å². The molecule has 0 aliphatic carbocycles. The Labute approximate surface area is 70.2 Å². The van der Waals surface area contributed by atoms with E-state index >= 15 is 0 Å². The molecule has 0 radical (unpaired) electrons. The molecular formula is C8H8ClNO. The number of aldehydes is 1. The van der Waals surface area contributed by atoms with Crippen molar-refractivity contribution in [3.8, 4) is 0 Å². The van der Waals surface area contributed by atoms with Crippen molar-refractivity contribution in [1.29, 1.82) is 0 Å². The maximum atomic E-state index is 10.4. The first kappa shape index (κ1) is 8.21. The van der Waals surface area contributed by atoms with Gasteiger partial charge in [0, 0.05) is 11.8 Å². The maximum absolute atomic E-state index is 10.4. The average molecular weight is 170 g/mol. The molecule has 0 aliphatic heterocycles. The number of carbonyl (C=O) groups is 1. The zero-order valence-electron chi connectivity index (χ0n) is 6.17. The van der Waals surface area contributed by atoms with Crippen LogP contribution in [-0.4, -0.2) is 11.3 Å². The molecule has 0 atom stereocenters. The van der Waals surface area contributed by atoms with Gasteiger partial charge in [-0.05, 0) is 18.6 Å². The lowest BCUT2D eigenvalue weighted by Crippen LogP contribution is -1.94. The third kappa shape index (κ3) is 1.57. The van der Waals surface area contributed by atoms with Gasteiger partial charge in [0.1, 0.15) is 6.29 Å². The molecule has 3 heteroatoms. The smallest absolute Gasteiger partial charge is 0.150 e. The van der Waals surface area contributed by atoms with Crippen molar-refractivity contribution < 1.29 is 4.79 Å². The number of rotatable bonds is 2. The minimum atomic E-state index is 0.355. The van der Waals surface area contributed by atoms with Crippen molar-refractivity contribution in [3.05, 3.63) is 29.1 Å². The van der Waals surface area contributed by atoms with E-state index in [0.29, 0.717) is 11.4 Å². The van der Waals surface area contributed by atoms with E-state index in [0.717, 1.165) is 17.5 Å². The van der Waals surface area contributed by atoms with E-state index in [1.165, 1.54) is 0 Å². The summed E-state index contributed by atoms with van der Waals surface area (Å²) < 4.78 is 0. The molecule has 0 unspecified atom stereocenters. The van der Waals surface area contributed by atoms with Gasteiger partial charge in [-0.1, -0.05) is 0 Å². The summed E-state index contributed by atoms with van der Waals surface area (Å²) in [5, 5.41) is 0. The van der Waals surface area contributed by atoms with Crippen molar-refractivity contribution in [2.75, 3.05) is 0 Å². The van der Waals surface area contributed by atoms with Gasteiger partial charge in [0.2, 0.25) is 0 Å². The third-order valence-corrected chi connectivity index (χ3v) is 1.86. The van der Waals surface area contributed by atoms with E-state index in [9.17, 15) is 4.79 Å². The lowest BCUT2D eigenvalue weighted by Gasteiger charge is -2.01. The number of halogens is 1. The van der Waals surface area contributed by atoms with E-state index in [-0.39, 0.29) is 0 Å². The molecule has 0 fully saturated rings. The Bertz CT molecular complexity index is 273. The summed E-state index contributed by atoms with van der Waals surface area (Å²) in [5.41, 5.74) is 2.31. The van der Waals surface area contributed by atoms with Crippen LogP contribution in [0, 0.1) is 6.92 Å². The second kappa shape index (κ2) is 3.49. The number of alkyl halides is 1. The Morgan fingerprint density at radius 3 is 3.00 bits per heavy atom. The highest BCUT2D eigenvalue weighted by Gasteiger charge is 2.01. The van der Waals surface area contributed by atoms with E-state index in [4.69, 9.17) is 11.6 Å². The molecule has 0 aliphatic rings. The lowest BCUT2D eigenvalue weighted by atomic mass is 10.1. The molecule has 0 N–H and O–H groups in total. The van der Waals surface area contributed by atoms with Crippen LogP contribution in [0.25, 0.3) is 0 Å². The average Bonchev–Trinajstić information content (AvgIpc) is 2.05. The standard InChI is InChI=1S/C8H8ClNO/c1-6-7(5-11)2-3-10-8(6)4-9/h2-3,5H,4H2,1H3. The first-order valence-electron chi connectivity index (χ1n) is 3.25. The zero-order valence-corrected chi connectivity index (χ0v) is 6.93. The Balaban J connectivity index is 3.20. The van der Waals surface area contributed by atoms with Crippen LogP contribution in [0.2, 0.25) is 0 Å². The molecule has 58 valence electrons. The molecule has 11 heavy (non-hydrogen) atoms. The second-order valence-electron chi connectivity index (χ2n) is 2.22. The second-order valence-corrected chi connectivity index (χ2v) is 2.49. The molecule has 0 saturated carbocycles. The molecule has 2 nitrogen and oxygen atoms in total. The van der Waals surface area contributed by atoms with Crippen LogP contribution < -0.4 is 0 Å². The highest BCUT2D eigenvalue weighted by atomic mass is 35.5. The monoisotopic (exact) mass is 169 g/mol. The number of nitrogens with zero attached hydrogens (tertiary/aromatic N) is 1.